The summed E-state index contributed by atoms with van der Waals surface area (Å²) in [7, 11) is 0. The van der Waals surface area contributed by atoms with Crippen molar-refractivity contribution in [2.24, 2.45) is 0 Å². The molecule has 3 rings (SSSR count). The van der Waals surface area contributed by atoms with Gasteiger partial charge in [-0.2, -0.15) is 0 Å². The van der Waals surface area contributed by atoms with Crippen molar-refractivity contribution in [2.75, 3.05) is 18.4 Å². The number of rotatable bonds is 5. The van der Waals surface area contributed by atoms with Gasteiger partial charge < -0.3 is 5.32 Å². The van der Waals surface area contributed by atoms with Gasteiger partial charge in [0.2, 0.25) is 0 Å². The summed E-state index contributed by atoms with van der Waals surface area (Å²) >= 11 is 6.18. The number of nitrogens with zero attached hydrogens (tertiary/aromatic N) is 2. The molecule has 2 aromatic carbocycles. The monoisotopic (exact) mass is 359 g/mol. The maximum atomic E-state index is 10.9. The lowest BCUT2D eigenvalue weighted by Gasteiger charge is -2.33. The lowest BCUT2D eigenvalue weighted by molar-refractivity contribution is -0.384. The van der Waals surface area contributed by atoms with Crippen molar-refractivity contribution < 1.29 is 4.92 Å². The van der Waals surface area contributed by atoms with Crippen LogP contribution < -0.4 is 5.32 Å². The summed E-state index contributed by atoms with van der Waals surface area (Å²) in [5.74, 6) is 0. The molecule has 1 aliphatic rings. The van der Waals surface area contributed by atoms with E-state index < -0.39 is 0 Å². The topological polar surface area (TPSA) is 58.4 Å². The van der Waals surface area contributed by atoms with Gasteiger partial charge in [-0.25, -0.2) is 0 Å². The Morgan fingerprint density at radius 1 is 1.24 bits per heavy atom. The van der Waals surface area contributed by atoms with Crippen molar-refractivity contribution >= 4 is 23.0 Å². The Bertz CT molecular complexity index is 758. The Kier molecular flexibility index (Phi) is 5.56. The third-order valence-electron chi connectivity index (χ3n) is 4.74. The van der Waals surface area contributed by atoms with Gasteiger partial charge in [0.15, 0.2) is 0 Å². The first kappa shape index (κ1) is 17.7. The first-order valence-electron chi connectivity index (χ1n) is 8.50. The van der Waals surface area contributed by atoms with E-state index in [0.29, 0.717) is 6.04 Å². The van der Waals surface area contributed by atoms with Crippen LogP contribution in [0.5, 0.6) is 0 Å². The highest BCUT2D eigenvalue weighted by Gasteiger charge is 2.20. The average molecular weight is 360 g/mol. The van der Waals surface area contributed by atoms with Crippen LogP contribution in [0.2, 0.25) is 5.02 Å². The molecule has 0 unspecified atom stereocenters. The predicted molar refractivity (Wildman–Crippen MR) is 101 cm³/mol. The second kappa shape index (κ2) is 7.85. The van der Waals surface area contributed by atoms with Gasteiger partial charge in [-0.3, -0.25) is 15.0 Å². The number of hydrogen-bond acceptors (Lipinski definition) is 4. The van der Waals surface area contributed by atoms with Gasteiger partial charge in [0.25, 0.3) is 5.69 Å². The molecule has 1 heterocycles. The van der Waals surface area contributed by atoms with Gasteiger partial charge >= 0.3 is 0 Å². The molecule has 0 aliphatic carbocycles. The molecule has 5 nitrogen and oxygen atoms in total. The van der Waals surface area contributed by atoms with Gasteiger partial charge in [0.1, 0.15) is 0 Å². The lowest BCUT2D eigenvalue weighted by atomic mass is 10.0. The number of piperidine rings is 1. The molecule has 0 spiro atoms. The smallest absolute Gasteiger partial charge is 0.269 e. The van der Waals surface area contributed by atoms with E-state index in [4.69, 9.17) is 11.6 Å². The normalized spacial score (nSPS) is 15.9. The number of nitro benzene ring substituents is 1. The van der Waals surface area contributed by atoms with Gasteiger partial charge in [0.05, 0.1) is 4.92 Å². The number of hydrogen-bond donors (Lipinski definition) is 1. The summed E-state index contributed by atoms with van der Waals surface area (Å²) in [6.07, 6.45) is 2.09. The fraction of sp³-hybridized carbons (Fsp3) is 0.368. The Morgan fingerprint density at radius 2 is 1.96 bits per heavy atom. The van der Waals surface area contributed by atoms with Crippen LogP contribution in [0.15, 0.2) is 42.5 Å². The summed E-state index contributed by atoms with van der Waals surface area (Å²) in [6, 6.07) is 13.3. The molecule has 25 heavy (non-hydrogen) atoms. The molecule has 1 fully saturated rings. The van der Waals surface area contributed by atoms with E-state index in [9.17, 15) is 10.1 Å². The molecule has 0 atom stereocenters. The van der Waals surface area contributed by atoms with Crippen LogP contribution in [-0.2, 0) is 6.54 Å². The van der Waals surface area contributed by atoms with Gasteiger partial charge in [-0.15, -0.1) is 0 Å². The number of anilines is 1. The minimum absolute atomic E-state index is 0.158. The summed E-state index contributed by atoms with van der Waals surface area (Å²) < 4.78 is 0. The Labute approximate surface area is 152 Å². The highest BCUT2D eigenvalue weighted by molar-refractivity contribution is 6.31. The maximum Gasteiger partial charge on any atom is 0.269 e. The Balaban J connectivity index is 1.54. The molecule has 0 saturated carbocycles. The minimum Gasteiger partial charge on any atom is -0.382 e. The van der Waals surface area contributed by atoms with Gasteiger partial charge in [-0.1, -0.05) is 29.8 Å². The number of benzene rings is 2. The summed E-state index contributed by atoms with van der Waals surface area (Å²) in [5, 5.41) is 15.3. The lowest BCUT2D eigenvalue weighted by Crippen LogP contribution is -2.38. The van der Waals surface area contributed by atoms with Crippen molar-refractivity contribution in [1.82, 2.24) is 4.90 Å². The maximum absolute atomic E-state index is 10.9. The predicted octanol–water partition coefficient (Wildman–Crippen LogP) is 4.63. The molecule has 0 bridgehead atoms. The third kappa shape index (κ3) is 4.50. The first-order chi connectivity index (χ1) is 12.0. The van der Waals surface area contributed by atoms with E-state index in [0.717, 1.165) is 54.3 Å². The molecule has 0 amide bonds. The van der Waals surface area contributed by atoms with Gasteiger partial charge in [-0.05, 0) is 43.0 Å². The SMILES string of the molecule is Cc1c(Cl)cccc1NC1CCN(Cc2cccc([N+](=O)[O-])c2)CC1. The average Bonchev–Trinajstić information content (AvgIpc) is 2.61. The molecule has 132 valence electrons. The van der Waals surface area contributed by atoms with E-state index in [-0.39, 0.29) is 10.6 Å². The van der Waals surface area contributed by atoms with Crippen LogP contribution in [0.25, 0.3) is 0 Å². The standard InChI is InChI=1S/C19H22ClN3O2/c1-14-18(20)6-3-7-19(14)21-16-8-10-22(11-9-16)13-15-4-2-5-17(12-15)23(24)25/h2-7,12,16,21H,8-11,13H2,1H3. The zero-order chi connectivity index (χ0) is 17.8. The van der Waals surface area contributed by atoms with Crippen LogP contribution in [0.4, 0.5) is 11.4 Å². The highest BCUT2D eigenvalue weighted by Crippen LogP contribution is 2.26. The second-order valence-corrected chi connectivity index (χ2v) is 6.94. The van der Waals surface area contributed by atoms with Gasteiger partial charge in [0, 0.05) is 48.5 Å². The fourth-order valence-electron chi connectivity index (χ4n) is 3.25. The van der Waals surface area contributed by atoms with E-state index in [2.05, 4.69) is 16.3 Å². The largest absolute Gasteiger partial charge is 0.382 e. The minimum atomic E-state index is -0.340. The molecule has 2 aromatic rings. The zero-order valence-corrected chi connectivity index (χ0v) is 15.0. The van der Waals surface area contributed by atoms with Crippen LogP contribution >= 0.6 is 11.6 Å². The molecule has 1 N–H and O–H groups in total. The molecule has 1 aliphatic heterocycles. The van der Waals surface area contributed by atoms with E-state index in [1.54, 1.807) is 12.1 Å². The molecule has 0 aromatic heterocycles. The van der Waals surface area contributed by atoms with Crippen molar-refractivity contribution in [3.63, 3.8) is 0 Å². The Hall–Kier alpha value is -2.11. The number of nitro groups is 1. The number of non-ortho nitro benzene ring substituents is 1. The first-order valence-corrected chi connectivity index (χ1v) is 8.88. The number of halogens is 1. The zero-order valence-electron chi connectivity index (χ0n) is 14.2. The molecule has 1 saturated heterocycles. The molecular weight excluding hydrogens is 338 g/mol. The molecule has 6 heteroatoms. The van der Waals surface area contributed by atoms with Crippen molar-refractivity contribution in [3.8, 4) is 0 Å². The van der Waals surface area contributed by atoms with E-state index in [1.807, 2.05) is 25.1 Å². The fourth-order valence-corrected chi connectivity index (χ4v) is 3.42. The van der Waals surface area contributed by atoms with Crippen LogP contribution in [0, 0.1) is 17.0 Å². The quantitative estimate of drug-likeness (QED) is 0.624. The number of nitrogens with one attached hydrogen (secondary N) is 1. The highest BCUT2D eigenvalue weighted by atomic mass is 35.5. The Morgan fingerprint density at radius 3 is 2.68 bits per heavy atom. The summed E-state index contributed by atoms with van der Waals surface area (Å²) in [4.78, 5) is 12.9. The molecular formula is C19H22ClN3O2. The van der Waals surface area contributed by atoms with Crippen LogP contribution in [0.3, 0.4) is 0 Å². The second-order valence-electron chi connectivity index (χ2n) is 6.53. The summed E-state index contributed by atoms with van der Waals surface area (Å²) in [6.45, 7) is 4.73. The summed E-state index contributed by atoms with van der Waals surface area (Å²) in [5.41, 5.74) is 3.34. The van der Waals surface area contributed by atoms with Crippen LogP contribution in [0.1, 0.15) is 24.0 Å². The van der Waals surface area contributed by atoms with Crippen LogP contribution in [-0.4, -0.2) is 29.0 Å². The van der Waals surface area contributed by atoms with Crippen molar-refractivity contribution in [3.05, 3.63) is 68.7 Å². The van der Waals surface area contributed by atoms with E-state index in [1.165, 1.54) is 6.07 Å². The number of likely N-dealkylation sites (tertiary alicyclic amines) is 1. The third-order valence-corrected chi connectivity index (χ3v) is 5.15. The molecule has 0 radical (unpaired) electrons. The van der Waals surface area contributed by atoms with Crippen molar-refractivity contribution in [2.45, 2.75) is 32.4 Å². The van der Waals surface area contributed by atoms with Crippen molar-refractivity contribution in [1.29, 1.82) is 0 Å². The van der Waals surface area contributed by atoms with E-state index >= 15 is 0 Å².